The summed E-state index contributed by atoms with van der Waals surface area (Å²) in [6.45, 7) is 5.12. The van der Waals surface area contributed by atoms with Gasteiger partial charge in [0, 0.05) is 64.9 Å². The molecular weight excluding hydrogens is 1170 g/mol. The third-order valence-electron chi connectivity index (χ3n) is 12.6. The molecule has 6 amide bonds. The van der Waals surface area contributed by atoms with E-state index in [2.05, 4.69) is 31.6 Å². The molecule has 29 heteroatoms. The average molecular weight is 1220 g/mol. The molecule has 9 rings (SSSR count). The van der Waals surface area contributed by atoms with Gasteiger partial charge in [0.05, 0.1) is 47.8 Å². The van der Waals surface area contributed by atoms with Crippen molar-refractivity contribution in [3.05, 3.63) is 111 Å². The molecular formula is C53H53N13O10S6. The maximum absolute atomic E-state index is 14.3. The monoisotopic (exact) mass is 1220 g/mol. The molecule has 0 aliphatic carbocycles. The molecule has 1 aliphatic rings. The van der Waals surface area contributed by atoms with Gasteiger partial charge in [-0.3, -0.25) is 34.1 Å². The van der Waals surface area contributed by atoms with Gasteiger partial charge in [0.1, 0.15) is 77.2 Å². The number of hydrogen-bond donors (Lipinski definition) is 7. The van der Waals surface area contributed by atoms with Gasteiger partial charge in [-0.1, -0.05) is 44.2 Å². The van der Waals surface area contributed by atoms with Crippen molar-refractivity contribution in [1.82, 2.24) is 56.2 Å². The van der Waals surface area contributed by atoms with E-state index in [1.54, 1.807) is 70.9 Å². The lowest BCUT2D eigenvalue weighted by molar-refractivity contribution is -0.122. The fourth-order valence-corrected chi connectivity index (χ4v) is 14.0. The van der Waals surface area contributed by atoms with Gasteiger partial charge in [-0.25, -0.2) is 39.7 Å². The number of Topliss-reactive ketones (excluding diaryl/α,β-unsaturated/α-hetero) is 1. The Balaban J connectivity index is 1.11. The van der Waals surface area contributed by atoms with Crippen LogP contribution in [0.15, 0.2) is 64.0 Å². The molecule has 8 heterocycles. The van der Waals surface area contributed by atoms with Gasteiger partial charge in [0.2, 0.25) is 17.7 Å². The predicted molar refractivity (Wildman–Crippen MR) is 312 cm³/mol. The Labute approximate surface area is 492 Å². The summed E-state index contributed by atoms with van der Waals surface area (Å²) in [5.74, 6) is -3.52. The number of thiazole rings is 6. The first-order valence-electron chi connectivity index (χ1n) is 25.3. The smallest absolute Gasteiger partial charge is 0.412 e. The number of nitrogens with one attached hydrogen (secondary N) is 5. The highest BCUT2D eigenvalue weighted by molar-refractivity contribution is 7.15. The van der Waals surface area contributed by atoms with Gasteiger partial charge in [-0.15, -0.1) is 68.0 Å². The number of fused-ring (bicyclic) bond motifs is 14. The number of ether oxygens (including phenoxy) is 2. The number of methoxy groups -OCH3 is 1. The summed E-state index contributed by atoms with van der Waals surface area (Å²) in [7, 11) is 2.96. The molecule has 8 N–H and O–H groups in total. The number of aryl methyl sites for hydroxylation is 1. The number of carbonyl (C=O) groups is 7. The third kappa shape index (κ3) is 14.0. The van der Waals surface area contributed by atoms with Crippen LogP contribution in [0, 0.1) is 12.8 Å². The number of rotatable bonds is 13. The molecule has 0 saturated heterocycles. The predicted octanol–water partition coefficient (Wildman–Crippen LogP) is 8.01. The van der Waals surface area contributed by atoms with Gasteiger partial charge in [0.15, 0.2) is 5.78 Å². The van der Waals surface area contributed by atoms with E-state index in [1.807, 2.05) is 13.8 Å². The lowest BCUT2D eigenvalue weighted by Crippen LogP contribution is -2.40. The van der Waals surface area contributed by atoms with Gasteiger partial charge in [0.25, 0.3) is 11.8 Å². The van der Waals surface area contributed by atoms with E-state index in [4.69, 9.17) is 45.1 Å². The first-order chi connectivity index (χ1) is 39.5. The number of hydrogen-bond acceptors (Lipinski definition) is 23. The summed E-state index contributed by atoms with van der Waals surface area (Å²) >= 11 is 7.22. The Morgan fingerprint density at radius 2 is 1.49 bits per heavy atom. The van der Waals surface area contributed by atoms with Crippen molar-refractivity contribution in [1.29, 1.82) is 0 Å². The molecule has 0 fully saturated rings. The minimum absolute atomic E-state index is 0.0268. The van der Waals surface area contributed by atoms with Crippen molar-refractivity contribution >= 4 is 115 Å². The number of anilines is 1. The lowest BCUT2D eigenvalue weighted by atomic mass is 9.90. The van der Waals surface area contributed by atoms with Crippen LogP contribution in [0.5, 0.6) is 0 Å². The maximum Gasteiger partial charge on any atom is 0.412 e. The molecule has 1 aliphatic heterocycles. The topological polar surface area (TPSA) is 335 Å². The Hall–Kier alpha value is -7.64. The standard InChI is InChI=1S/C53H53N13O10S6/c1-24(2)28-16-34(67)40-25(3)81-51(65-40)30(17-38(69)55-4)58-45(72)32-21-77-47(60-32)27-13-14-29(49-62-37(23-80-49)63-53(74)76-15-9-12-36(54)68)57-41(27)31-20-78-50(59-31)33-22-79-52(61-33)43(44(71)26-10-7-6-8-11-26)64-39(70)18-56-46(73)42-35(19-75-5)82-48(28)66-42/h6-8,10-11,13-14,20-24,28,30,43-44,71H,9,12,15-19H2,1-5H3,(H2,54,68)(H,55,69)(H,56,73)(H,58,72)(H,63,74)(H,64,70)/t28-,30-,43-,44-/m0/s1. The quantitative estimate of drug-likeness (QED) is 0.0537. The van der Waals surface area contributed by atoms with Crippen LogP contribution in [0.1, 0.15) is 125 Å². The first-order valence-corrected chi connectivity index (χ1v) is 30.5. The molecule has 8 aromatic rings. The Morgan fingerprint density at radius 1 is 0.768 bits per heavy atom. The molecule has 0 spiro atoms. The van der Waals surface area contributed by atoms with Crippen LogP contribution in [-0.4, -0.2) is 109 Å². The summed E-state index contributed by atoms with van der Waals surface area (Å²) in [4.78, 5) is 128. The van der Waals surface area contributed by atoms with Crippen molar-refractivity contribution in [3.63, 3.8) is 0 Å². The highest BCUT2D eigenvalue weighted by atomic mass is 32.1. The zero-order chi connectivity index (χ0) is 58.2. The molecule has 0 saturated carbocycles. The molecule has 4 atom stereocenters. The van der Waals surface area contributed by atoms with Crippen LogP contribution >= 0.6 is 68.0 Å². The number of nitrogens with zero attached hydrogens (tertiary/aromatic N) is 7. The number of benzene rings is 1. The zero-order valence-corrected chi connectivity index (χ0v) is 49.4. The number of pyridine rings is 1. The Morgan fingerprint density at radius 3 is 2.24 bits per heavy atom. The Bertz CT molecular complexity index is 3660. The number of aliphatic hydroxyl groups is 1. The fraction of sp³-hybridized carbons (Fsp3) is 0.321. The number of amides is 6. The largest absolute Gasteiger partial charge is 0.449 e. The zero-order valence-electron chi connectivity index (χ0n) is 44.5. The normalized spacial score (nSPS) is 16.4. The van der Waals surface area contributed by atoms with E-state index < -0.39 is 60.4 Å². The summed E-state index contributed by atoms with van der Waals surface area (Å²) in [5.41, 5.74) is 7.99. The van der Waals surface area contributed by atoms with Crippen LogP contribution in [-0.2, 0) is 30.5 Å². The second-order valence-electron chi connectivity index (χ2n) is 18.8. The van der Waals surface area contributed by atoms with Crippen molar-refractivity contribution < 1.29 is 48.1 Å². The maximum atomic E-state index is 14.3. The van der Waals surface area contributed by atoms with E-state index >= 15 is 0 Å². The second kappa shape index (κ2) is 26.5. The van der Waals surface area contributed by atoms with E-state index in [0.29, 0.717) is 73.7 Å². The van der Waals surface area contributed by atoms with Crippen LogP contribution in [0.4, 0.5) is 10.6 Å². The highest BCUT2D eigenvalue weighted by Gasteiger charge is 2.33. The number of carbonyl (C=O) groups excluding carboxylic acids is 7. The number of nitrogens with two attached hydrogens (primary N) is 1. The number of ketones is 1. The van der Waals surface area contributed by atoms with Crippen LogP contribution in [0.25, 0.3) is 43.4 Å². The van der Waals surface area contributed by atoms with Crippen molar-refractivity contribution in [2.45, 2.75) is 77.2 Å². The third-order valence-corrected chi connectivity index (χ3v) is 18.4. The number of aliphatic hydroxyl groups excluding tert-OH is 1. The van der Waals surface area contributed by atoms with Gasteiger partial charge in [-0.05, 0) is 37.0 Å². The summed E-state index contributed by atoms with van der Waals surface area (Å²) in [6.07, 6.45) is -1.97. The highest BCUT2D eigenvalue weighted by Crippen LogP contribution is 2.41. The SMILES string of the molecule is CNC(=O)C[C@@H]1NC(=O)c2csc(n2)-c2ccc(-c3nc(NC(=O)OCCCC(N)=O)cs3)nc2-c2csc(n2)-c2csc(n2)[C@H]([C@@H](O)c2ccccc2)NC(=O)CNC(=O)c2nc(sc2COC)[C@H](C(C)C)CC(=O)c2nc1sc2C. The van der Waals surface area contributed by atoms with Crippen molar-refractivity contribution in [2.24, 2.45) is 11.7 Å². The Kier molecular flexibility index (Phi) is 19.1. The molecule has 1 aromatic carbocycles. The fourth-order valence-electron chi connectivity index (χ4n) is 8.45. The molecule has 23 nitrogen and oxygen atoms in total. The van der Waals surface area contributed by atoms with Crippen LogP contribution < -0.4 is 32.3 Å². The van der Waals surface area contributed by atoms with E-state index in [1.165, 1.54) is 82.2 Å². The summed E-state index contributed by atoms with van der Waals surface area (Å²) in [6, 6.07) is 10.2. The van der Waals surface area contributed by atoms with Gasteiger partial charge >= 0.3 is 6.09 Å². The van der Waals surface area contributed by atoms with Crippen LogP contribution in [0.3, 0.4) is 0 Å². The summed E-state index contributed by atoms with van der Waals surface area (Å²) in [5, 5.41) is 34.7. The lowest BCUT2D eigenvalue weighted by Gasteiger charge is -2.23. The summed E-state index contributed by atoms with van der Waals surface area (Å²) < 4.78 is 10.6. The number of aromatic nitrogens is 7. The van der Waals surface area contributed by atoms with Crippen LogP contribution in [0.2, 0.25) is 0 Å². The van der Waals surface area contributed by atoms with E-state index in [-0.39, 0.29) is 79.4 Å². The average Bonchev–Trinajstić information content (AvgIpc) is 4.45. The molecule has 0 unspecified atom stereocenters. The first kappa shape index (κ1) is 59.0. The second-order valence-corrected chi connectivity index (χ2v) is 24.6. The van der Waals surface area contributed by atoms with Gasteiger partial charge in [-0.2, -0.15) is 0 Å². The van der Waals surface area contributed by atoms with E-state index in [0.717, 1.165) is 0 Å². The molecule has 82 heavy (non-hydrogen) atoms. The van der Waals surface area contributed by atoms with Gasteiger partial charge < -0.3 is 41.6 Å². The van der Waals surface area contributed by atoms with Crippen molar-refractivity contribution in [2.75, 3.05) is 32.6 Å². The van der Waals surface area contributed by atoms with E-state index in [9.17, 15) is 38.7 Å². The molecule has 426 valence electrons. The molecule has 7 aromatic heterocycles. The molecule has 0 radical (unpaired) electrons. The minimum atomic E-state index is -1.27. The number of primary amides is 1. The minimum Gasteiger partial charge on any atom is -0.449 e. The molecule has 10 bridgehead atoms. The van der Waals surface area contributed by atoms with Crippen molar-refractivity contribution in [3.8, 4) is 43.4 Å².